The summed E-state index contributed by atoms with van der Waals surface area (Å²) in [4.78, 5) is 21.3. The first-order chi connectivity index (χ1) is 13.1. The van der Waals surface area contributed by atoms with E-state index in [1.807, 2.05) is 37.7 Å². The second-order valence-electron chi connectivity index (χ2n) is 5.54. The van der Waals surface area contributed by atoms with Gasteiger partial charge in [0.25, 0.3) is 0 Å². The average molecular weight is 381 g/mol. The zero-order chi connectivity index (χ0) is 19.2. The lowest BCUT2D eigenvalue weighted by Crippen LogP contribution is -2.07. The van der Waals surface area contributed by atoms with Crippen LogP contribution in [0.3, 0.4) is 0 Å². The predicted octanol–water partition coefficient (Wildman–Crippen LogP) is 3.54. The third kappa shape index (κ3) is 4.85. The Kier molecular flexibility index (Phi) is 5.72. The number of hydrogen-bond acceptors (Lipinski definition) is 7. The second kappa shape index (κ2) is 8.37. The molecule has 3 aromatic rings. The van der Waals surface area contributed by atoms with E-state index in [1.165, 1.54) is 17.8 Å². The van der Waals surface area contributed by atoms with Gasteiger partial charge in [0.1, 0.15) is 5.82 Å². The van der Waals surface area contributed by atoms with E-state index in [9.17, 15) is 4.79 Å². The van der Waals surface area contributed by atoms with Crippen molar-refractivity contribution in [2.45, 2.75) is 4.90 Å². The van der Waals surface area contributed by atoms with Gasteiger partial charge in [0.15, 0.2) is 0 Å². The molecule has 2 heterocycles. The minimum Gasteiger partial charge on any atom is -0.339 e. The van der Waals surface area contributed by atoms with Crippen molar-refractivity contribution < 1.29 is 4.79 Å². The molecule has 0 aliphatic heterocycles. The standard InChI is InChI=1S/C18H19N7OS/c1-4-16(26)21-12-6-5-7-13(8-12)22-17-15(27-3)10-19-18(24-17)23-14-9-20-25(2)11-14/h4-11H,1H2,2-3H3,(H,21,26)(H2,19,22,23,24). The minimum absolute atomic E-state index is 0.262. The van der Waals surface area contributed by atoms with Gasteiger partial charge in [-0.25, -0.2) is 4.98 Å². The van der Waals surface area contributed by atoms with Gasteiger partial charge in [-0.05, 0) is 30.5 Å². The van der Waals surface area contributed by atoms with Crippen LogP contribution in [0.25, 0.3) is 0 Å². The van der Waals surface area contributed by atoms with Crippen LogP contribution in [0.5, 0.6) is 0 Å². The van der Waals surface area contributed by atoms with Crippen LogP contribution in [0.15, 0.2) is 60.4 Å². The molecular formula is C18H19N7OS. The molecule has 0 unspecified atom stereocenters. The van der Waals surface area contributed by atoms with Crippen molar-refractivity contribution in [2.24, 2.45) is 7.05 Å². The summed E-state index contributed by atoms with van der Waals surface area (Å²) in [6.07, 6.45) is 8.48. The lowest BCUT2D eigenvalue weighted by atomic mass is 10.2. The van der Waals surface area contributed by atoms with Gasteiger partial charge in [-0.1, -0.05) is 12.6 Å². The molecule has 0 fully saturated rings. The molecule has 0 radical (unpaired) electrons. The molecule has 3 rings (SSSR count). The van der Waals surface area contributed by atoms with Crippen molar-refractivity contribution in [2.75, 3.05) is 22.2 Å². The molecule has 3 N–H and O–H groups in total. The molecule has 27 heavy (non-hydrogen) atoms. The van der Waals surface area contributed by atoms with Gasteiger partial charge in [-0.3, -0.25) is 9.48 Å². The Labute approximate surface area is 161 Å². The van der Waals surface area contributed by atoms with Gasteiger partial charge in [-0.15, -0.1) is 11.8 Å². The zero-order valence-corrected chi connectivity index (χ0v) is 15.7. The molecule has 0 aliphatic rings. The molecule has 0 atom stereocenters. The number of aryl methyl sites for hydroxylation is 1. The summed E-state index contributed by atoms with van der Waals surface area (Å²) in [7, 11) is 1.84. The monoisotopic (exact) mass is 381 g/mol. The lowest BCUT2D eigenvalue weighted by molar-refractivity contribution is -0.111. The molecule has 0 spiro atoms. The Hall–Kier alpha value is -3.33. The van der Waals surface area contributed by atoms with Crippen LogP contribution >= 0.6 is 11.8 Å². The van der Waals surface area contributed by atoms with Gasteiger partial charge in [0.05, 0.1) is 16.8 Å². The fraction of sp³-hybridized carbons (Fsp3) is 0.111. The number of anilines is 5. The Morgan fingerprint density at radius 1 is 1.22 bits per heavy atom. The van der Waals surface area contributed by atoms with E-state index < -0.39 is 0 Å². The number of nitrogens with one attached hydrogen (secondary N) is 3. The summed E-state index contributed by atoms with van der Waals surface area (Å²) < 4.78 is 1.70. The highest BCUT2D eigenvalue weighted by atomic mass is 32.2. The van der Waals surface area contributed by atoms with Crippen LogP contribution in [-0.4, -0.2) is 31.9 Å². The molecule has 8 nitrogen and oxygen atoms in total. The molecule has 2 aromatic heterocycles. The number of nitrogens with zero attached hydrogens (tertiary/aromatic N) is 4. The Morgan fingerprint density at radius 3 is 2.74 bits per heavy atom. The van der Waals surface area contributed by atoms with Crippen molar-refractivity contribution in [3.05, 3.63) is 55.5 Å². The van der Waals surface area contributed by atoms with Gasteiger partial charge >= 0.3 is 0 Å². The zero-order valence-electron chi connectivity index (χ0n) is 14.9. The largest absolute Gasteiger partial charge is 0.339 e. The summed E-state index contributed by atoms with van der Waals surface area (Å²) in [6.45, 7) is 3.45. The summed E-state index contributed by atoms with van der Waals surface area (Å²) in [6, 6.07) is 7.36. The fourth-order valence-electron chi connectivity index (χ4n) is 2.29. The van der Waals surface area contributed by atoms with Gasteiger partial charge in [0.2, 0.25) is 11.9 Å². The highest BCUT2D eigenvalue weighted by Crippen LogP contribution is 2.28. The summed E-state index contributed by atoms with van der Waals surface area (Å²) in [5.41, 5.74) is 2.26. The maximum absolute atomic E-state index is 11.5. The summed E-state index contributed by atoms with van der Waals surface area (Å²) in [5, 5.41) is 13.3. The molecule has 0 bridgehead atoms. The number of carbonyl (C=O) groups is 1. The molecule has 138 valence electrons. The van der Waals surface area contributed by atoms with Crippen LogP contribution in [0, 0.1) is 0 Å². The Bertz CT molecular complexity index is 970. The average Bonchev–Trinajstić information content (AvgIpc) is 3.07. The summed E-state index contributed by atoms with van der Waals surface area (Å²) in [5.74, 6) is 0.859. The van der Waals surface area contributed by atoms with E-state index in [4.69, 9.17) is 0 Å². The first-order valence-electron chi connectivity index (χ1n) is 8.04. The SMILES string of the molecule is C=CC(=O)Nc1cccc(Nc2nc(Nc3cnn(C)c3)ncc2SC)c1. The van der Waals surface area contributed by atoms with Gasteiger partial charge in [-0.2, -0.15) is 10.1 Å². The highest BCUT2D eigenvalue weighted by Gasteiger charge is 2.09. The second-order valence-corrected chi connectivity index (χ2v) is 6.39. The first kappa shape index (κ1) is 18.5. The van der Waals surface area contributed by atoms with E-state index in [0.29, 0.717) is 17.5 Å². The predicted molar refractivity (Wildman–Crippen MR) is 109 cm³/mol. The number of thioether (sulfide) groups is 1. The topological polar surface area (TPSA) is 96.8 Å². The number of rotatable bonds is 7. The van der Waals surface area contributed by atoms with E-state index in [2.05, 4.69) is 37.6 Å². The maximum atomic E-state index is 11.5. The van der Waals surface area contributed by atoms with Crippen molar-refractivity contribution in [1.29, 1.82) is 0 Å². The van der Waals surface area contributed by atoms with Crippen molar-refractivity contribution in [1.82, 2.24) is 19.7 Å². The van der Waals surface area contributed by atoms with Gasteiger partial charge < -0.3 is 16.0 Å². The van der Waals surface area contributed by atoms with Crippen molar-refractivity contribution in [3.8, 4) is 0 Å². The number of aromatic nitrogens is 4. The normalized spacial score (nSPS) is 10.3. The van der Waals surface area contributed by atoms with Crippen LogP contribution in [0.2, 0.25) is 0 Å². The van der Waals surface area contributed by atoms with E-state index in [0.717, 1.165) is 16.3 Å². The van der Waals surface area contributed by atoms with Gasteiger partial charge in [0, 0.05) is 30.8 Å². The fourth-order valence-corrected chi connectivity index (χ4v) is 2.74. The molecule has 0 saturated heterocycles. The third-order valence-electron chi connectivity index (χ3n) is 3.51. The molecule has 1 amide bonds. The number of amides is 1. The number of hydrogen-bond donors (Lipinski definition) is 3. The molecule has 9 heteroatoms. The quantitative estimate of drug-likeness (QED) is 0.425. The number of benzene rings is 1. The van der Waals surface area contributed by atoms with E-state index in [-0.39, 0.29) is 5.91 Å². The Balaban J connectivity index is 1.82. The van der Waals surface area contributed by atoms with E-state index in [1.54, 1.807) is 23.1 Å². The molecule has 1 aromatic carbocycles. The lowest BCUT2D eigenvalue weighted by Gasteiger charge is -2.12. The molecule has 0 saturated carbocycles. The van der Waals surface area contributed by atoms with Crippen molar-refractivity contribution in [3.63, 3.8) is 0 Å². The minimum atomic E-state index is -0.262. The molecular weight excluding hydrogens is 362 g/mol. The third-order valence-corrected chi connectivity index (χ3v) is 4.25. The van der Waals surface area contributed by atoms with Crippen LogP contribution < -0.4 is 16.0 Å². The molecule has 0 aliphatic carbocycles. The van der Waals surface area contributed by atoms with Crippen LogP contribution in [-0.2, 0) is 11.8 Å². The summed E-state index contributed by atoms with van der Waals surface area (Å²) >= 11 is 1.54. The van der Waals surface area contributed by atoms with E-state index >= 15 is 0 Å². The first-order valence-corrected chi connectivity index (χ1v) is 9.27. The van der Waals surface area contributed by atoms with Crippen LogP contribution in [0.1, 0.15) is 0 Å². The smallest absolute Gasteiger partial charge is 0.247 e. The van der Waals surface area contributed by atoms with Crippen molar-refractivity contribution >= 4 is 46.5 Å². The highest BCUT2D eigenvalue weighted by molar-refractivity contribution is 7.98. The Morgan fingerprint density at radius 2 is 2.04 bits per heavy atom. The van der Waals surface area contributed by atoms with Crippen LogP contribution in [0.4, 0.5) is 28.8 Å². The maximum Gasteiger partial charge on any atom is 0.247 e. The number of carbonyl (C=O) groups excluding carboxylic acids is 1.